The molecule has 1 aliphatic carbocycles. The van der Waals surface area contributed by atoms with Crippen LogP contribution >= 0.6 is 11.8 Å². The molecule has 2 N–H and O–H groups in total. The molecule has 1 aromatic rings. The summed E-state index contributed by atoms with van der Waals surface area (Å²) in [6.45, 7) is 3.04. The van der Waals surface area contributed by atoms with Crippen LogP contribution in [0.4, 0.5) is 9.18 Å². The Morgan fingerprint density at radius 2 is 2.03 bits per heavy atom. The minimum atomic E-state index is -1.26. The minimum Gasteiger partial charge on any atom is -0.464 e. The smallest absolute Gasteiger partial charge is 0.415 e. The van der Waals surface area contributed by atoms with Crippen molar-refractivity contribution < 1.29 is 24.2 Å². The van der Waals surface area contributed by atoms with E-state index in [1.807, 2.05) is 0 Å². The number of ketones is 1. The number of halogens is 1. The lowest BCUT2D eigenvalue weighted by atomic mass is 9.78. The van der Waals surface area contributed by atoms with E-state index in [4.69, 9.17) is 0 Å². The van der Waals surface area contributed by atoms with Gasteiger partial charge in [0.2, 0.25) is 0 Å². The number of aliphatic hydroxyl groups is 1. The van der Waals surface area contributed by atoms with Crippen molar-refractivity contribution in [2.75, 3.05) is 5.75 Å². The van der Waals surface area contributed by atoms with Gasteiger partial charge in [-0.1, -0.05) is 17.9 Å². The molecule has 0 fully saturated rings. The van der Waals surface area contributed by atoms with Crippen molar-refractivity contribution in [1.82, 2.24) is 4.90 Å². The number of Topliss-reactive ketones (excluding diaryl/α,β-unsaturated/α-hetero) is 1. The molecule has 2 aliphatic heterocycles. The number of allylic oxidation sites excluding steroid dienone is 4. The van der Waals surface area contributed by atoms with Crippen LogP contribution in [0.15, 0.2) is 40.1 Å². The van der Waals surface area contributed by atoms with Gasteiger partial charge in [-0.05, 0) is 50.8 Å². The SMILES string of the molecule is CC(C)(O)C#Cc1cc(C2C3=C(CCS3)N(C(=O)O)C3=C2C(=O)CCC3)ccc1F. The quantitative estimate of drug-likeness (QED) is 0.651. The van der Waals surface area contributed by atoms with E-state index in [0.29, 0.717) is 42.5 Å². The topological polar surface area (TPSA) is 77.8 Å². The summed E-state index contributed by atoms with van der Waals surface area (Å²) in [6, 6.07) is 4.58. The van der Waals surface area contributed by atoms with Gasteiger partial charge in [-0.2, -0.15) is 0 Å². The van der Waals surface area contributed by atoms with Crippen molar-refractivity contribution >= 4 is 23.6 Å². The molecule has 7 heteroatoms. The van der Waals surface area contributed by atoms with Gasteiger partial charge in [0.15, 0.2) is 5.78 Å². The molecular weight excluding hydrogens is 405 g/mol. The molecule has 1 aromatic carbocycles. The molecule has 30 heavy (non-hydrogen) atoms. The van der Waals surface area contributed by atoms with Crippen LogP contribution in [-0.4, -0.2) is 38.3 Å². The van der Waals surface area contributed by atoms with Gasteiger partial charge in [-0.3, -0.25) is 9.69 Å². The third-order valence-corrected chi connectivity index (χ3v) is 6.61. The Labute approximate surface area is 178 Å². The normalized spacial score (nSPS) is 21.3. The fraction of sp³-hybridized carbons (Fsp3) is 0.391. The first-order valence-electron chi connectivity index (χ1n) is 9.87. The largest absolute Gasteiger partial charge is 0.464 e. The van der Waals surface area contributed by atoms with E-state index in [1.54, 1.807) is 23.9 Å². The molecule has 0 aromatic heterocycles. The summed E-state index contributed by atoms with van der Waals surface area (Å²) in [7, 11) is 0. The molecule has 5 nitrogen and oxygen atoms in total. The van der Waals surface area contributed by atoms with Crippen LogP contribution in [0.3, 0.4) is 0 Å². The number of carbonyl (C=O) groups excluding carboxylic acids is 1. The van der Waals surface area contributed by atoms with Gasteiger partial charge in [0.25, 0.3) is 0 Å². The lowest BCUT2D eigenvalue weighted by Crippen LogP contribution is -2.37. The molecule has 4 rings (SSSR count). The Morgan fingerprint density at radius 3 is 2.73 bits per heavy atom. The van der Waals surface area contributed by atoms with Gasteiger partial charge in [0.05, 0.1) is 5.56 Å². The number of thioether (sulfide) groups is 1. The standard InChI is InChI=1S/C23H22FNO4S/c1-23(2,29)10-8-13-12-14(6-7-15(13)24)19-20-16(4-3-5-18(20)26)25(22(27)28)17-9-11-30-21(17)19/h6-7,12,19,29H,3-5,9,11H2,1-2H3,(H,27,28). The van der Waals surface area contributed by atoms with E-state index in [0.717, 1.165) is 16.4 Å². The number of nitrogens with zero attached hydrogens (tertiary/aromatic N) is 1. The first-order valence-corrected chi connectivity index (χ1v) is 10.9. The van der Waals surface area contributed by atoms with E-state index < -0.39 is 23.4 Å². The highest BCUT2D eigenvalue weighted by atomic mass is 32.2. The number of hydrogen-bond donors (Lipinski definition) is 2. The van der Waals surface area contributed by atoms with E-state index in [2.05, 4.69) is 11.8 Å². The van der Waals surface area contributed by atoms with Crippen LogP contribution in [0.1, 0.15) is 56.6 Å². The van der Waals surface area contributed by atoms with Crippen molar-refractivity contribution in [1.29, 1.82) is 0 Å². The summed E-state index contributed by atoms with van der Waals surface area (Å²) in [4.78, 5) is 27.1. The number of benzene rings is 1. The van der Waals surface area contributed by atoms with Gasteiger partial charge in [-0.25, -0.2) is 9.18 Å². The molecular formula is C23H22FNO4S. The Morgan fingerprint density at radius 1 is 1.27 bits per heavy atom. The van der Waals surface area contributed by atoms with Gasteiger partial charge < -0.3 is 10.2 Å². The molecule has 1 atom stereocenters. The molecule has 0 radical (unpaired) electrons. The first kappa shape index (κ1) is 20.7. The lowest BCUT2D eigenvalue weighted by Gasteiger charge is -2.38. The molecule has 2 heterocycles. The molecule has 0 spiro atoms. The first-order chi connectivity index (χ1) is 14.2. The van der Waals surface area contributed by atoms with Gasteiger partial charge in [-0.15, -0.1) is 11.8 Å². The monoisotopic (exact) mass is 427 g/mol. The summed E-state index contributed by atoms with van der Waals surface area (Å²) < 4.78 is 14.4. The predicted octanol–water partition coefficient (Wildman–Crippen LogP) is 4.38. The molecule has 156 valence electrons. The van der Waals surface area contributed by atoms with Crippen LogP contribution in [-0.2, 0) is 4.79 Å². The summed E-state index contributed by atoms with van der Waals surface area (Å²) in [6.07, 6.45) is 1.07. The van der Waals surface area contributed by atoms with Crippen LogP contribution in [0.5, 0.6) is 0 Å². The molecule has 1 amide bonds. The summed E-state index contributed by atoms with van der Waals surface area (Å²) in [5.74, 6) is 5.10. The number of amides is 1. The average molecular weight is 427 g/mol. The molecule has 0 saturated carbocycles. The number of carboxylic acid groups (broad SMARTS) is 1. The maximum absolute atomic E-state index is 14.4. The second-order valence-electron chi connectivity index (χ2n) is 8.15. The van der Waals surface area contributed by atoms with E-state index >= 15 is 0 Å². The Bertz CT molecular complexity index is 1070. The van der Waals surface area contributed by atoms with Crippen molar-refractivity contribution in [3.8, 4) is 11.8 Å². The Kier molecular flexibility index (Phi) is 5.25. The van der Waals surface area contributed by atoms with E-state index in [9.17, 15) is 24.2 Å². The molecule has 1 unspecified atom stereocenters. The zero-order valence-corrected chi connectivity index (χ0v) is 17.6. The number of rotatable bonds is 1. The summed E-state index contributed by atoms with van der Waals surface area (Å²) in [5, 5.41) is 19.7. The minimum absolute atomic E-state index is 0.0556. The van der Waals surface area contributed by atoms with Crippen LogP contribution < -0.4 is 0 Å². The maximum Gasteiger partial charge on any atom is 0.415 e. The summed E-state index contributed by atoms with van der Waals surface area (Å²) >= 11 is 1.55. The fourth-order valence-electron chi connectivity index (χ4n) is 4.22. The van der Waals surface area contributed by atoms with Gasteiger partial charge >= 0.3 is 6.09 Å². The maximum atomic E-state index is 14.4. The van der Waals surface area contributed by atoms with E-state index in [-0.39, 0.29) is 11.3 Å². The van der Waals surface area contributed by atoms with Crippen LogP contribution in [0, 0.1) is 17.7 Å². The highest BCUT2D eigenvalue weighted by Gasteiger charge is 2.44. The fourth-order valence-corrected chi connectivity index (χ4v) is 5.52. The van der Waals surface area contributed by atoms with Gasteiger partial charge in [0, 0.05) is 40.0 Å². The summed E-state index contributed by atoms with van der Waals surface area (Å²) in [5.41, 5.74) is 1.38. The molecule has 0 saturated heterocycles. The third kappa shape index (κ3) is 3.66. The molecule has 0 bridgehead atoms. The van der Waals surface area contributed by atoms with Crippen molar-refractivity contribution in [3.63, 3.8) is 0 Å². The average Bonchev–Trinajstić information content (AvgIpc) is 3.14. The van der Waals surface area contributed by atoms with E-state index in [1.165, 1.54) is 24.8 Å². The van der Waals surface area contributed by atoms with Gasteiger partial charge in [0.1, 0.15) is 11.4 Å². The molecule has 3 aliphatic rings. The third-order valence-electron chi connectivity index (χ3n) is 5.42. The van der Waals surface area contributed by atoms with Crippen LogP contribution in [0.2, 0.25) is 0 Å². The Balaban J connectivity index is 1.89. The van der Waals surface area contributed by atoms with Crippen molar-refractivity contribution in [2.45, 2.75) is 51.0 Å². The Hall–Kier alpha value is -2.56. The second-order valence-corrected chi connectivity index (χ2v) is 9.28. The highest BCUT2D eigenvalue weighted by Crippen LogP contribution is 2.53. The lowest BCUT2D eigenvalue weighted by molar-refractivity contribution is -0.116. The predicted molar refractivity (Wildman–Crippen MR) is 112 cm³/mol. The highest BCUT2D eigenvalue weighted by molar-refractivity contribution is 8.03. The van der Waals surface area contributed by atoms with Crippen LogP contribution in [0.25, 0.3) is 0 Å². The second kappa shape index (κ2) is 7.60. The van der Waals surface area contributed by atoms with Crippen molar-refractivity contribution in [2.24, 2.45) is 0 Å². The van der Waals surface area contributed by atoms with Crippen molar-refractivity contribution in [3.05, 3.63) is 57.0 Å². The number of carbonyl (C=O) groups is 2. The zero-order chi connectivity index (χ0) is 21.6. The zero-order valence-electron chi connectivity index (χ0n) is 16.8. The number of hydrogen-bond acceptors (Lipinski definition) is 4.